The van der Waals surface area contributed by atoms with Gasteiger partial charge in [0.05, 0.1) is 6.54 Å². The molecule has 1 aromatic carbocycles. The molecule has 2 N–H and O–H groups in total. The van der Waals surface area contributed by atoms with Crippen LogP contribution in [0.5, 0.6) is 0 Å². The summed E-state index contributed by atoms with van der Waals surface area (Å²) >= 11 is 3.37. The highest BCUT2D eigenvalue weighted by molar-refractivity contribution is 9.10. The second-order valence-electron chi connectivity index (χ2n) is 9.78. The fourth-order valence-electron chi connectivity index (χ4n) is 2.95. The van der Waals surface area contributed by atoms with Crippen molar-refractivity contribution in [2.75, 3.05) is 19.9 Å². The first-order chi connectivity index (χ1) is 14.2. The Kier molecular flexibility index (Phi) is 7.93. The van der Waals surface area contributed by atoms with Gasteiger partial charge in [0.1, 0.15) is 12.3 Å². The van der Waals surface area contributed by atoms with Crippen LogP contribution < -0.4 is 10.6 Å². The molecular formula is C21H32BrN3O5Si. The van der Waals surface area contributed by atoms with Crippen LogP contribution in [0.2, 0.25) is 25.7 Å². The number of hydrogen-bond donors (Lipinski definition) is 2. The van der Waals surface area contributed by atoms with Gasteiger partial charge in [-0.05, 0) is 44.5 Å². The van der Waals surface area contributed by atoms with E-state index < -0.39 is 37.2 Å². The van der Waals surface area contributed by atoms with Gasteiger partial charge in [0.15, 0.2) is 5.54 Å². The number of amides is 4. The molecule has 2 rings (SSSR count). The Balaban J connectivity index is 2.20. The maximum absolute atomic E-state index is 13.4. The van der Waals surface area contributed by atoms with Crippen LogP contribution in [-0.4, -0.2) is 56.5 Å². The van der Waals surface area contributed by atoms with E-state index in [2.05, 4.69) is 46.2 Å². The zero-order chi connectivity index (χ0) is 23.4. The first-order valence-electron chi connectivity index (χ1n) is 10.2. The lowest BCUT2D eigenvalue weighted by molar-refractivity contribution is -0.135. The van der Waals surface area contributed by atoms with Crippen LogP contribution in [0.25, 0.3) is 0 Å². The van der Waals surface area contributed by atoms with Crippen LogP contribution in [0.1, 0.15) is 26.3 Å². The van der Waals surface area contributed by atoms with Gasteiger partial charge in [-0.2, -0.15) is 0 Å². The summed E-state index contributed by atoms with van der Waals surface area (Å²) in [5.41, 5.74) is -1.58. The fraction of sp³-hybridized carbons (Fsp3) is 0.571. The van der Waals surface area contributed by atoms with Crippen molar-refractivity contribution in [2.24, 2.45) is 0 Å². The molecular weight excluding hydrogens is 482 g/mol. The molecule has 8 nitrogen and oxygen atoms in total. The quantitative estimate of drug-likeness (QED) is 0.310. The predicted octanol–water partition coefficient (Wildman–Crippen LogP) is 4.03. The lowest BCUT2D eigenvalue weighted by atomic mass is 9.89. The number of carbonyl (C=O) groups is 3. The number of alkyl carbamates (subject to hydrolysis) is 1. The summed E-state index contributed by atoms with van der Waals surface area (Å²) in [5.74, 6) is -0.483. The molecule has 1 aromatic rings. The number of rotatable bonds is 8. The van der Waals surface area contributed by atoms with E-state index in [4.69, 9.17) is 9.47 Å². The lowest BCUT2D eigenvalue weighted by Crippen LogP contribution is -2.53. The van der Waals surface area contributed by atoms with Crippen LogP contribution >= 0.6 is 15.9 Å². The van der Waals surface area contributed by atoms with Crippen LogP contribution in [0.3, 0.4) is 0 Å². The molecule has 172 valence electrons. The van der Waals surface area contributed by atoms with Gasteiger partial charge >= 0.3 is 12.1 Å². The molecule has 1 aliphatic rings. The molecule has 1 fully saturated rings. The molecule has 0 aliphatic carbocycles. The number of urea groups is 1. The first kappa shape index (κ1) is 25.3. The minimum atomic E-state index is -1.45. The van der Waals surface area contributed by atoms with Crippen molar-refractivity contribution in [1.82, 2.24) is 15.5 Å². The number of carbonyl (C=O) groups excluding carboxylic acids is 3. The van der Waals surface area contributed by atoms with E-state index in [9.17, 15) is 14.4 Å². The van der Waals surface area contributed by atoms with E-state index in [1.54, 1.807) is 45.0 Å². The van der Waals surface area contributed by atoms with Gasteiger partial charge < -0.3 is 20.1 Å². The Morgan fingerprint density at radius 1 is 1.19 bits per heavy atom. The average molecular weight is 514 g/mol. The molecule has 4 amide bonds. The fourth-order valence-corrected chi connectivity index (χ4v) is 3.97. The van der Waals surface area contributed by atoms with Gasteiger partial charge in [0.2, 0.25) is 0 Å². The monoisotopic (exact) mass is 513 g/mol. The number of imide groups is 1. The van der Waals surface area contributed by atoms with Crippen LogP contribution in [0, 0.1) is 0 Å². The SMILES string of the molecule is CC(C)(C)OC(=O)NC[C@@]1(c2ccc(Br)cc2)NC(=O)N(COCC[Si](C)(C)C)C1=O. The second-order valence-corrected chi connectivity index (χ2v) is 16.3. The van der Waals surface area contributed by atoms with Crippen molar-refractivity contribution >= 4 is 42.0 Å². The van der Waals surface area contributed by atoms with Crippen molar-refractivity contribution < 1.29 is 23.9 Å². The van der Waals surface area contributed by atoms with E-state index in [1.165, 1.54) is 0 Å². The maximum atomic E-state index is 13.4. The second kappa shape index (κ2) is 9.70. The predicted molar refractivity (Wildman–Crippen MR) is 124 cm³/mol. The minimum Gasteiger partial charge on any atom is -0.444 e. The first-order valence-corrected chi connectivity index (χ1v) is 14.7. The number of hydrogen-bond acceptors (Lipinski definition) is 5. The normalized spacial score (nSPS) is 19.4. The molecule has 31 heavy (non-hydrogen) atoms. The topological polar surface area (TPSA) is 97.0 Å². The summed E-state index contributed by atoms with van der Waals surface area (Å²) in [7, 11) is -1.29. The van der Waals surface area contributed by atoms with E-state index in [0.717, 1.165) is 15.4 Å². The Hall–Kier alpha value is -1.91. The van der Waals surface area contributed by atoms with Crippen LogP contribution in [0.15, 0.2) is 28.7 Å². The molecule has 1 heterocycles. The lowest BCUT2D eigenvalue weighted by Gasteiger charge is -2.28. The number of halogens is 1. The summed E-state index contributed by atoms with van der Waals surface area (Å²) < 4.78 is 11.7. The summed E-state index contributed by atoms with van der Waals surface area (Å²) in [4.78, 5) is 39.3. The molecule has 0 bridgehead atoms. The minimum absolute atomic E-state index is 0.139. The van der Waals surface area contributed by atoms with Gasteiger partial charge in [-0.3, -0.25) is 4.79 Å². The van der Waals surface area contributed by atoms with Gasteiger partial charge in [-0.15, -0.1) is 0 Å². The number of nitrogens with one attached hydrogen (secondary N) is 2. The summed E-state index contributed by atoms with van der Waals surface area (Å²) in [6, 6.07) is 7.37. The highest BCUT2D eigenvalue weighted by Gasteiger charge is 2.53. The molecule has 0 unspecified atom stereocenters. The smallest absolute Gasteiger partial charge is 0.407 e. The van der Waals surface area contributed by atoms with Gasteiger partial charge in [0, 0.05) is 19.2 Å². The molecule has 0 spiro atoms. The highest BCUT2D eigenvalue weighted by atomic mass is 79.9. The van der Waals surface area contributed by atoms with E-state index in [0.29, 0.717) is 12.2 Å². The average Bonchev–Trinajstić information content (AvgIpc) is 2.86. The summed E-state index contributed by atoms with van der Waals surface area (Å²) in [6.45, 7) is 12.1. The largest absolute Gasteiger partial charge is 0.444 e. The van der Waals surface area contributed by atoms with Gasteiger partial charge in [0.25, 0.3) is 5.91 Å². The van der Waals surface area contributed by atoms with Crippen molar-refractivity contribution in [2.45, 2.75) is 57.6 Å². The third kappa shape index (κ3) is 7.05. The Morgan fingerprint density at radius 3 is 2.35 bits per heavy atom. The Labute approximate surface area is 193 Å². The molecule has 10 heteroatoms. The van der Waals surface area contributed by atoms with Gasteiger partial charge in [-0.1, -0.05) is 47.7 Å². The van der Waals surface area contributed by atoms with Crippen molar-refractivity contribution in [3.05, 3.63) is 34.3 Å². The highest BCUT2D eigenvalue weighted by Crippen LogP contribution is 2.30. The summed E-state index contributed by atoms with van der Waals surface area (Å²) in [5, 5.41) is 5.38. The van der Waals surface area contributed by atoms with Crippen LogP contribution in [0.4, 0.5) is 9.59 Å². The number of nitrogens with zero attached hydrogens (tertiary/aromatic N) is 1. The molecule has 1 saturated heterocycles. The number of benzene rings is 1. The molecule has 0 radical (unpaired) electrons. The standard InChI is InChI=1S/C21H32BrN3O5Si/c1-20(2,3)30-19(28)23-13-21(15-7-9-16(22)10-8-15)17(26)25(18(27)24-21)14-29-11-12-31(4,5)6/h7-10H,11-14H2,1-6H3,(H,23,28)(H,24,27)/t21-/m0/s1. The van der Waals surface area contributed by atoms with E-state index in [-0.39, 0.29) is 13.3 Å². The number of ether oxygens (including phenoxy) is 2. The maximum Gasteiger partial charge on any atom is 0.407 e. The van der Waals surface area contributed by atoms with Crippen molar-refractivity contribution in [1.29, 1.82) is 0 Å². The van der Waals surface area contributed by atoms with E-state index in [1.807, 2.05) is 0 Å². The third-order valence-corrected chi connectivity index (χ3v) is 6.86. The van der Waals surface area contributed by atoms with Crippen LogP contribution in [-0.2, 0) is 19.8 Å². The van der Waals surface area contributed by atoms with Crippen molar-refractivity contribution in [3.63, 3.8) is 0 Å². The Morgan fingerprint density at radius 2 is 1.81 bits per heavy atom. The molecule has 1 atom stereocenters. The zero-order valence-corrected chi connectivity index (χ0v) is 21.6. The third-order valence-electron chi connectivity index (χ3n) is 4.63. The van der Waals surface area contributed by atoms with Crippen molar-refractivity contribution in [3.8, 4) is 0 Å². The molecule has 0 aromatic heterocycles. The molecule has 0 saturated carbocycles. The Bertz CT molecular complexity index is 820. The molecule has 1 aliphatic heterocycles. The van der Waals surface area contributed by atoms with E-state index >= 15 is 0 Å². The van der Waals surface area contributed by atoms with Gasteiger partial charge in [-0.25, -0.2) is 14.5 Å². The zero-order valence-electron chi connectivity index (χ0n) is 19.0. The summed E-state index contributed by atoms with van der Waals surface area (Å²) in [6.07, 6.45) is -0.670.